The Bertz CT molecular complexity index is 167. The lowest BCUT2D eigenvalue weighted by molar-refractivity contribution is -0.111. The molecule has 0 aromatic carbocycles. The summed E-state index contributed by atoms with van der Waals surface area (Å²) in [4.78, 5) is 12.0. The molecule has 0 bridgehead atoms. The van der Waals surface area contributed by atoms with E-state index in [1.54, 1.807) is 0 Å². The monoisotopic (exact) mass is 230 g/mol. The fourth-order valence-corrected chi connectivity index (χ4v) is 4.77. The summed E-state index contributed by atoms with van der Waals surface area (Å²) in [5.41, 5.74) is 1.66. The van der Waals surface area contributed by atoms with Gasteiger partial charge in [0.1, 0.15) is 0 Å². The van der Waals surface area contributed by atoms with Crippen molar-refractivity contribution < 1.29 is 4.79 Å². The molecule has 0 rings (SSSR count). The van der Waals surface area contributed by atoms with Gasteiger partial charge in [0.15, 0.2) is 5.52 Å². The standard InChI is InChI=1S/C13H27OP/c1-6-7-8-9-10-13(14)15(11(2)3)12(4)5/h11-12H,6-10H2,1-5H3. The Morgan fingerprint density at radius 2 is 1.53 bits per heavy atom. The number of carbonyl (C=O) groups excluding carboxylic acids is 1. The van der Waals surface area contributed by atoms with Gasteiger partial charge in [-0.25, -0.2) is 0 Å². The molecule has 0 saturated heterocycles. The van der Waals surface area contributed by atoms with Gasteiger partial charge in [-0.2, -0.15) is 0 Å². The van der Waals surface area contributed by atoms with Crippen molar-refractivity contribution in [2.24, 2.45) is 0 Å². The summed E-state index contributed by atoms with van der Waals surface area (Å²) in [6.07, 6.45) is 5.67. The van der Waals surface area contributed by atoms with Gasteiger partial charge in [-0.15, -0.1) is 0 Å². The van der Waals surface area contributed by atoms with Gasteiger partial charge >= 0.3 is 0 Å². The summed E-state index contributed by atoms with van der Waals surface area (Å²) in [5, 5.41) is 0. The zero-order valence-corrected chi connectivity index (χ0v) is 11.9. The second-order valence-corrected chi connectivity index (χ2v) is 8.18. The Hall–Kier alpha value is 0.100. The zero-order valence-electron chi connectivity index (χ0n) is 11.0. The van der Waals surface area contributed by atoms with E-state index in [1.165, 1.54) is 19.3 Å². The van der Waals surface area contributed by atoms with Crippen molar-refractivity contribution in [3.8, 4) is 0 Å². The number of unbranched alkanes of at least 4 members (excludes halogenated alkanes) is 3. The van der Waals surface area contributed by atoms with E-state index in [-0.39, 0.29) is 0 Å². The first-order valence-corrected chi connectivity index (χ1v) is 7.79. The van der Waals surface area contributed by atoms with E-state index < -0.39 is 7.92 Å². The van der Waals surface area contributed by atoms with Crippen LogP contribution in [0, 0.1) is 0 Å². The van der Waals surface area contributed by atoms with Gasteiger partial charge in [0.2, 0.25) is 0 Å². The van der Waals surface area contributed by atoms with Crippen molar-refractivity contribution in [2.45, 2.75) is 78.0 Å². The summed E-state index contributed by atoms with van der Waals surface area (Å²) in [5.74, 6) is 0. The summed E-state index contributed by atoms with van der Waals surface area (Å²) in [6, 6.07) is 0. The van der Waals surface area contributed by atoms with Crippen LogP contribution in [-0.2, 0) is 4.79 Å². The smallest absolute Gasteiger partial charge is 0.154 e. The molecule has 0 fully saturated rings. The third kappa shape index (κ3) is 6.30. The van der Waals surface area contributed by atoms with Crippen molar-refractivity contribution >= 4 is 13.4 Å². The summed E-state index contributed by atoms with van der Waals surface area (Å²) < 4.78 is 0. The molecule has 2 heteroatoms. The normalized spacial score (nSPS) is 11.7. The van der Waals surface area contributed by atoms with Gasteiger partial charge in [0, 0.05) is 6.42 Å². The van der Waals surface area contributed by atoms with Crippen molar-refractivity contribution in [1.82, 2.24) is 0 Å². The van der Waals surface area contributed by atoms with E-state index >= 15 is 0 Å². The number of hydrogen-bond donors (Lipinski definition) is 0. The molecule has 0 unspecified atom stereocenters. The highest BCUT2D eigenvalue weighted by molar-refractivity contribution is 7.75. The molecule has 0 aliphatic carbocycles. The predicted molar refractivity (Wildman–Crippen MR) is 71.0 cm³/mol. The minimum atomic E-state index is -0.400. The van der Waals surface area contributed by atoms with Crippen molar-refractivity contribution in [3.63, 3.8) is 0 Å². The summed E-state index contributed by atoms with van der Waals surface area (Å²) in [7, 11) is -0.400. The zero-order chi connectivity index (χ0) is 11.8. The van der Waals surface area contributed by atoms with Crippen molar-refractivity contribution in [2.75, 3.05) is 0 Å². The first-order chi connectivity index (χ1) is 7.00. The highest BCUT2D eigenvalue weighted by Crippen LogP contribution is 2.47. The molecule has 0 N–H and O–H groups in total. The van der Waals surface area contributed by atoms with Gasteiger partial charge in [-0.05, 0) is 25.7 Å². The molecule has 0 aromatic heterocycles. The first kappa shape index (κ1) is 15.1. The average molecular weight is 230 g/mol. The average Bonchev–Trinajstić information content (AvgIpc) is 2.11. The van der Waals surface area contributed by atoms with Gasteiger partial charge in [0.25, 0.3) is 0 Å². The lowest BCUT2D eigenvalue weighted by Gasteiger charge is -2.23. The maximum Gasteiger partial charge on any atom is 0.154 e. The molecule has 0 atom stereocenters. The Morgan fingerprint density at radius 3 is 1.93 bits per heavy atom. The van der Waals surface area contributed by atoms with E-state index in [9.17, 15) is 4.79 Å². The van der Waals surface area contributed by atoms with Crippen LogP contribution in [0.2, 0.25) is 0 Å². The van der Waals surface area contributed by atoms with E-state index in [4.69, 9.17) is 0 Å². The molecule has 0 aliphatic rings. The quantitative estimate of drug-likeness (QED) is 0.433. The number of hydrogen-bond acceptors (Lipinski definition) is 1. The Morgan fingerprint density at radius 1 is 1.00 bits per heavy atom. The minimum Gasteiger partial charge on any atom is -0.295 e. The molecule has 0 aromatic rings. The molecular formula is C13H27OP. The lowest BCUT2D eigenvalue weighted by atomic mass is 10.2. The summed E-state index contributed by atoms with van der Waals surface area (Å²) >= 11 is 0. The van der Waals surface area contributed by atoms with Crippen LogP contribution in [0.1, 0.15) is 66.7 Å². The molecule has 0 aliphatic heterocycles. The largest absolute Gasteiger partial charge is 0.295 e. The molecule has 0 saturated carbocycles. The highest BCUT2D eigenvalue weighted by Gasteiger charge is 2.23. The van der Waals surface area contributed by atoms with Crippen LogP contribution in [-0.4, -0.2) is 16.8 Å². The minimum absolute atomic E-state index is 0.400. The van der Waals surface area contributed by atoms with Crippen LogP contribution >= 0.6 is 7.92 Å². The lowest BCUT2D eigenvalue weighted by Crippen LogP contribution is -2.11. The Balaban J connectivity index is 3.93. The Kier molecular flexibility index (Phi) is 8.33. The summed E-state index contributed by atoms with van der Waals surface area (Å²) in [6.45, 7) is 11.0. The second kappa shape index (κ2) is 8.28. The molecule has 0 radical (unpaired) electrons. The maximum atomic E-state index is 12.0. The van der Waals surface area contributed by atoms with Gasteiger partial charge in [0.05, 0.1) is 0 Å². The van der Waals surface area contributed by atoms with Crippen LogP contribution in [0.5, 0.6) is 0 Å². The van der Waals surface area contributed by atoms with E-state index in [0.717, 1.165) is 12.8 Å². The molecule has 0 spiro atoms. The number of carbonyl (C=O) groups is 1. The van der Waals surface area contributed by atoms with Crippen LogP contribution in [0.4, 0.5) is 0 Å². The van der Waals surface area contributed by atoms with Crippen LogP contribution in [0.15, 0.2) is 0 Å². The Labute approximate surface area is 96.8 Å². The van der Waals surface area contributed by atoms with E-state index in [0.29, 0.717) is 16.8 Å². The van der Waals surface area contributed by atoms with Gasteiger partial charge < -0.3 is 0 Å². The maximum absolute atomic E-state index is 12.0. The molecule has 0 heterocycles. The fraction of sp³-hybridized carbons (Fsp3) is 0.923. The van der Waals surface area contributed by atoms with Crippen LogP contribution in [0.25, 0.3) is 0 Å². The third-order valence-electron chi connectivity index (χ3n) is 2.64. The second-order valence-electron chi connectivity index (χ2n) is 4.80. The molecular weight excluding hydrogens is 203 g/mol. The molecule has 1 nitrogen and oxygen atoms in total. The van der Waals surface area contributed by atoms with E-state index in [1.807, 2.05) is 0 Å². The third-order valence-corrected chi connectivity index (χ3v) is 5.67. The van der Waals surface area contributed by atoms with Crippen LogP contribution < -0.4 is 0 Å². The molecule has 15 heavy (non-hydrogen) atoms. The molecule has 90 valence electrons. The first-order valence-electron chi connectivity index (χ1n) is 6.31. The predicted octanol–water partition coefficient (Wildman–Crippen LogP) is 4.78. The fourth-order valence-electron chi connectivity index (χ4n) is 2.00. The number of rotatable bonds is 8. The topological polar surface area (TPSA) is 17.1 Å². The van der Waals surface area contributed by atoms with Gasteiger partial charge in [-0.3, -0.25) is 4.79 Å². The van der Waals surface area contributed by atoms with E-state index in [2.05, 4.69) is 34.6 Å². The van der Waals surface area contributed by atoms with Crippen molar-refractivity contribution in [1.29, 1.82) is 0 Å². The highest BCUT2D eigenvalue weighted by atomic mass is 31.1. The SMILES string of the molecule is CCCCCCC(=O)P(C(C)C)C(C)C. The van der Waals surface area contributed by atoms with Crippen molar-refractivity contribution in [3.05, 3.63) is 0 Å². The molecule has 0 amide bonds. The van der Waals surface area contributed by atoms with Crippen LogP contribution in [0.3, 0.4) is 0 Å². The van der Waals surface area contributed by atoms with Gasteiger partial charge in [-0.1, -0.05) is 53.9 Å².